The maximum Gasteiger partial charge on any atom is 0.187 e. The minimum atomic E-state index is -0.727. The van der Waals surface area contributed by atoms with Crippen molar-refractivity contribution in [1.29, 1.82) is 0 Å². The molecule has 1 aromatic carbocycles. The van der Waals surface area contributed by atoms with E-state index in [4.69, 9.17) is 10.5 Å². The highest BCUT2D eigenvalue weighted by atomic mass is 16.5. The quantitative estimate of drug-likeness (QED) is 0.818. The lowest BCUT2D eigenvalue weighted by Gasteiger charge is -2.13. The van der Waals surface area contributed by atoms with E-state index in [2.05, 4.69) is 5.10 Å². The monoisotopic (exact) mass is 273 g/mol. The number of benzene rings is 1. The molecule has 106 valence electrons. The van der Waals surface area contributed by atoms with Crippen LogP contribution in [0.5, 0.6) is 5.75 Å². The number of aryl methyl sites for hydroxylation is 1. The predicted octanol–water partition coefficient (Wildman–Crippen LogP) is 2.09. The third-order valence-corrected chi connectivity index (χ3v) is 2.98. The van der Waals surface area contributed by atoms with Crippen LogP contribution in [0.1, 0.15) is 35.3 Å². The van der Waals surface area contributed by atoms with E-state index in [9.17, 15) is 4.79 Å². The van der Waals surface area contributed by atoms with Crippen LogP contribution >= 0.6 is 0 Å². The Labute approximate surface area is 118 Å². The second-order valence-electron chi connectivity index (χ2n) is 4.63. The number of carbonyl (C=O) groups is 1. The third-order valence-electron chi connectivity index (χ3n) is 2.98. The lowest BCUT2D eigenvalue weighted by Crippen LogP contribution is -2.22. The van der Waals surface area contributed by atoms with E-state index in [0.29, 0.717) is 23.5 Å². The van der Waals surface area contributed by atoms with E-state index in [1.165, 1.54) is 0 Å². The lowest BCUT2D eigenvalue weighted by molar-refractivity contribution is 0.0957. The van der Waals surface area contributed by atoms with Crippen molar-refractivity contribution in [2.24, 2.45) is 12.8 Å². The Morgan fingerprint density at radius 2 is 2.20 bits per heavy atom. The fraction of sp³-hybridized carbons (Fsp3) is 0.333. The second-order valence-corrected chi connectivity index (χ2v) is 4.63. The normalized spacial score (nSPS) is 12.2. The number of Topliss-reactive ketones (excluding diaryl/α,β-unsaturated/α-hetero) is 1. The Bertz CT molecular complexity index is 592. The van der Waals surface area contributed by atoms with Gasteiger partial charge in [0.25, 0.3) is 0 Å². The van der Waals surface area contributed by atoms with Gasteiger partial charge in [-0.05, 0) is 18.6 Å². The van der Waals surface area contributed by atoms with Gasteiger partial charge in [0.1, 0.15) is 5.75 Å². The highest BCUT2D eigenvalue weighted by Gasteiger charge is 2.22. The number of ether oxygens (including phenoxy) is 1. The molecule has 1 atom stereocenters. The van der Waals surface area contributed by atoms with Crippen molar-refractivity contribution in [3.05, 3.63) is 47.8 Å². The molecule has 0 fully saturated rings. The summed E-state index contributed by atoms with van der Waals surface area (Å²) in [6.07, 6.45) is 4.24. The average molecular weight is 273 g/mol. The lowest BCUT2D eigenvalue weighted by atomic mass is 10.00. The van der Waals surface area contributed by atoms with Gasteiger partial charge in [0.15, 0.2) is 5.78 Å². The van der Waals surface area contributed by atoms with E-state index in [1.54, 1.807) is 36.3 Å². The van der Waals surface area contributed by atoms with Gasteiger partial charge >= 0.3 is 0 Å². The van der Waals surface area contributed by atoms with Crippen LogP contribution in [0.3, 0.4) is 0 Å². The van der Waals surface area contributed by atoms with Crippen molar-refractivity contribution in [2.75, 3.05) is 6.61 Å². The van der Waals surface area contributed by atoms with E-state index < -0.39 is 6.04 Å². The molecule has 2 aromatic rings. The number of hydrogen-bond donors (Lipinski definition) is 1. The topological polar surface area (TPSA) is 70.1 Å². The number of para-hydroxylation sites is 1. The van der Waals surface area contributed by atoms with Gasteiger partial charge in [0.05, 0.1) is 24.4 Å². The van der Waals surface area contributed by atoms with E-state index >= 15 is 0 Å². The van der Waals surface area contributed by atoms with E-state index in [-0.39, 0.29) is 5.78 Å². The molecular weight excluding hydrogens is 254 g/mol. The molecule has 0 bridgehead atoms. The third kappa shape index (κ3) is 3.05. The maximum absolute atomic E-state index is 12.5. The largest absolute Gasteiger partial charge is 0.493 e. The minimum absolute atomic E-state index is 0.162. The van der Waals surface area contributed by atoms with Crippen molar-refractivity contribution < 1.29 is 9.53 Å². The Morgan fingerprint density at radius 3 is 2.85 bits per heavy atom. The Hall–Kier alpha value is -2.14. The van der Waals surface area contributed by atoms with Gasteiger partial charge in [-0.3, -0.25) is 9.48 Å². The Balaban J connectivity index is 2.24. The van der Waals surface area contributed by atoms with Gasteiger partial charge in [-0.2, -0.15) is 5.10 Å². The molecule has 2 N–H and O–H groups in total. The number of hydrogen-bond acceptors (Lipinski definition) is 4. The number of carbonyl (C=O) groups excluding carboxylic acids is 1. The van der Waals surface area contributed by atoms with Crippen LogP contribution in [0.25, 0.3) is 0 Å². The first-order valence-electron chi connectivity index (χ1n) is 6.63. The molecule has 0 radical (unpaired) electrons. The molecule has 0 aliphatic carbocycles. The molecule has 20 heavy (non-hydrogen) atoms. The molecule has 0 aliphatic heterocycles. The molecular formula is C15H19N3O2. The van der Waals surface area contributed by atoms with Gasteiger partial charge in [-0.1, -0.05) is 19.1 Å². The molecule has 2 rings (SSSR count). The molecule has 0 aliphatic rings. The van der Waals surface area contributed by atoms with Crippen LogP contribution in [-0.2, 0) is 7.05 Å². The van der Waals surface area contributed by atoms with E-state index in [0.717, 1.165) is 6.42 Å². The molecule has 0 spiro atoms. The molecule has 1 unspecified atom stereocenters. The van der Waals surface area contributed by atoms with Crippen LogP contribution in [-0.4, -0.2) is 22.2 Å². The fourth-order valence-corrected chi connectivity index (χ4v) is 1.93. The van der Waals surface area contributed by atoms with Crippen molar-refractivity contribution in [3.8, 4) is 5.75 Å². The van der Waals surface area contributed by atoms with Gasteiger partial charge in [-0.15, -0.1) is 0 Å². The standard InChI is InChI=1S/C15H19N3O2/c1-3-8-20-13-7-5-4-6-12(13)15(19)14(16)11-9-17-18(2)10-11/h4-7,9-10,14H,3,8,16H2,1-2H3. The minimum Gasteiger partial charge on any atom is -0.493 e. The van der Waals surface area contributed by atoms with Crippen LogP contribution in [0, 0.1) is 0 Å². The van der Waals surface area contributed by atoms with Gasteiger partial charge in [0.2, 0.25) is 0 Å². The summed E-state index contributed by atoms with van der Waals surface area (Å²) in [6, 6.07) is 6.46. The summed E-state index contributed by atoms with van der Waals surface area (Å²) in [7, 11) is 1.79. The number of rotatable bonds is 6. The molecule has 0 saturated carbocycles. The summed E-state index contributed by atoms with van der Waals surface area (Å²) < 4.78 is 7.23. The summed E-state index contributed by atoms with van der Waals surface area (Å²) in [5, 5.41) is 4.04. The second kappa shape index (κ2) is 6.34. The van der Waals surface area contributed by atoms with Gasteiger partial charge in [-0.25, -0.2) is 0 Å². The van der Waals surface area contributed by atoms with Crippen LogP contribution in [0.15, 0.2) is 36.7 Å². The molecule has 0 saturated heterocycles. The highest BCUT2D eigenvalue weighted by Crippen LogP contribution is 2.24. The zero-order valence-corrected chi connectivity index (χ0v) is 11.7. The van der Waals surface area contributed by atoms with Gasteiger partial charge < -0.3 is 10.5 Å². The van der Waals surface area contributed by atoms with Crippen molar-refractivity contribution in [2.45, 2.75) is 19.4 Å². The first-order valence-corrected chi connectivity index (χ1v) is 6.63. The van der Waals surface area contributed by atoms with Crippen LogP contribution in [0.4, 0.5) is 0 Å². The highest BCUT2D eigenvalue weighted by molar-refractivity contribution is 6.02. The molecule has 0 amide bonds. The van der Waals surface area contributed by atoms with Crippen molar-refractivity contribution in [3.63, 3.8) is 0 Å². The molecule has 1 aromatic heterocycles. The smallest absolute Gasteiger partial charge is 0.187 e. The Kier molecular flexibility index (Phi) is 4.53. The van der Waals surface area contributed by atoms with Crippen molar-refractivity contribution >= 4 is 5.78 Å². The zero-order chi connectivity index (χ0) is 14.5. The zero-order valence-electron chi connectivity index (χ0n) is 11.7. The maximum atomic E-state index is 12.5. The van der Waals surface area contributed by atoms with Crippen molar-refractivity contribution in [1.82, 2.24) is 9.78 Å². The number of aromatic nitrogens is 2. The summed E-state index contributed by atoms with van der Waals surface area (Å²) in [4.78, 5) is 12.5. The van der Waals surface area contributed by atoms with Gasteiger partial charge in [0, 0.05) is 18.8 Å². The number of ketones is 1. The fourth-order valence-electron chi connectivity index (χ4n) is 1.93. The SMILES string of the molecule is CCCOc1ccccc1C(=O)C(N)c1cnn(C)c1. The molecule has 5 nitrogen and oxygen atoms in total. The summed E-state index contributed by atoms with van der Waals surface area (Å²) in [5.41, 5.74) is 7.23. The first-order chi connectivity index (χ1) is 9.63. The summed E-state index contributed by atoms with van der Waals surface area (Å²) in [5.74, 6) is 0.420. The number of nitrogens with zero attached hydrogens (tertiary/aromatic N) is 2. The number of nitrogens with two attached hydrogens (primary N) is 1. The van der Waals surface area contributed by atoms with Crippen LogP contribution in [0.2, 0.25) is 0 Å². The predicted molar refractivity (Wildman–Crippen MR) is 76.7 cm³/mol. The summed E-state index contributed by atoms with van der Waals surface area (Å²) >= 11 is 0. The van der Waals surface area contributed by atoms with Crippen LogP contribution < -0.4 is 10.5 Å². The summed E-state index contributed by atoms with van der Waals surface area (Å²) in [6.45, 7) is 2.60. The first kappa shape index (κ1) is 14.3. The average Bonchev–Trinajstić information content (AvgIpc) is 2.90. The molecule has 1 heterocycles. The van der Waals surface area contributed by atoms with E-state index in [1.807, 2.05) is 19.1 Å². The molecule has 5 heteroatoms. The Morgan fingerprint density at radius 1 is 1.45 bits per heavy atom.